The van der Waals surface area contributed by atoms with Crippen LogP contribution < -0.4 is 20.4 Å². The van der Waals surface area contributed by atoms with Crippen LogP contribution in [0.15, 0.2) is 109 Å². The summed E-state index contributed by atoms with van der Waals surface area (Å²) in [6.45, 7) is 5.06. The summed E-state index contributed by atoms with van der Waals surface area (Å²) >= 11 is 0. The van der Waals surface area contributed by atoms with E-state index in [2.05, 4.69) is 10.6 Å². The molecule has 0 radical (unpaired) electrons. The van der Waals surface area contributed by atoms with Gasteiger partial charge in [-0.3, -0.25) is 9.80 Å². The fraction of sp³-hybridized carbons (Fsp3) is 0.161. The molecule has 0 aliphatic heterocycles. The van der Waals surface area contributed by atoms with Crippen molar-refractivity contribution in [2.75, 3.05) is 33.5 Å². The third kappa shape index (κ3) is 6.76. The van der Waals surface area contributed by atoms with Crippen LogP contribution in [0.3, 0.4) is 0 Å². The van der Waals surface area contributed by atoms with Crippen molar-refractivity contribution in [1.29, 1.82) is 0 Å². The first-order chi connectivity index (χ1) is 18.1. The highest BCUT2D eigenvalue weighted by atomic mass is 16.2. The second-order valence-electron chi connectivity index (χ2n) is 8.59. The van der Waals surface area contributed by atoms with Gasteiger partial charge in [-0.1, -0.05) is 60.7 Å². The molecule has 0 heterocycles. The first kappa shape index (κ1) is 25.5. The summed E-state index contributed by atoms with van der Waals surface area (Å²) < 4.78 is 0. The van der Waals surface area contributed by atoms with Crippen LogP contribution in [0.1, 0.15) is 25.0 Å². The van der Waals surface area contributed by atoms with E-state index in [1.54, 1.807) is 9.80 Å². The topological polar surface area (TPSA) is 64.7 Å². The van der Waals surface area contributed by atoms with Gasteiger partial charge >= 0.3 is 12.1 Å². The molecule has 4 aromatic rings. The van der Waals surface area contributed by atoms with Gasteiger partial charge in [-0.15, -0.1) is 0 Å². The average Bonchev–Trinajstić information content (AvgIpc) is 2.93. The molecule has 0 aromatic heterocycles. The lowest BCUT2D eigenvalue weighted by Gasteiger charge is -2.21. The number of nitrogens with zero attached hydrogens (tertiary/aromatic N) is 2. The number of rotatable bonds is 8. The van der Waals surface area contributed by atoms with Gasteiger partial charge in [0.15, 0.2) is 0 Å². The molecule has 4 amide bonds. The molecule has 0 aliphatic rings. The predicted molar refractivity (Wildman–Crippen MR) is 153 cm³/mol. The van der Waals surface area contributed by atoms with Crippen LogP contribution in [0.5, 0.6) is 0 Å². The Labute approximate surface area is 218 Å². The summed E-state index contributed by atoms with van der Waals surface area (Å²) in [6.07, 6.45) is 0.749. The van der Waals surface area contributed by atoms with Crippen molar-refractivity contribution >= 4 is 34.8 Å². The minimum absolute atomic E-state index is 0.159. The molecule has 0 spiro atoms. The Morgan fingerprint density at radius 3 is 1.22 bits per heavy atom. The summed E-state index contributed by atoms with van der Waals surface area (Å²) in [5, 5.41) is 5.95. The summed E-state index contributed by atoms with van der Waals surface area (Å²) in [5.74, 6) is 0. The van der Waals surface area contributed by atoms with Crippen LogP contribution in [0.2, 0.25) is 0 Å². The molecule has 188 valence electrons. The normalized spacial score (nSPS) is 10.4. The molecule has 0 fully saturated rings. The lowest BCUT2D eigenvalue weighted by molar-refractivity contribution is 0.256. The van der Waals surface area contributed by atoms with Crippen LogP contribution in [0.4, 0.5) is 32.3 Å². The molecule has 0 atom stereocenters. The Hall–Kier alpha value is -4.58. The maximum atomic E-state index is 12.8. The van der Waals surface area contributed by atoms with E-state index in [4.69, 9.17) is 0 Å². The van der Waals surface area contributed by atoms with Crippen molar-refractivity contribution in [1.82, 2.24) is 0 Å². The quantitative estimate of drug-likeness (QED) is 0.269. The predicted octanol–water partition coefficient (Wildman–Crippen LogP) is 7.39. The fourth-order valence-corrected chi connectivity index (χ4v) is 4.13. The van der Waals surface area contributed by atoms with Gasteiger partial charge in [0, 0.05) is 35.8 Å². The average molecular weight is 493 g/mol. The molecular formula is C31H32N4O2. The van der Waals surface area contributed by atoms with E-state index in [-0.39, 0.29) is 12.1 Å². The molecule has 6 nitrogen and oxygen atoms in total. The highest BCUT2D eigenvalue weighted by molar-refractivity contribution is 6.02. The maximum Gasteiger partial charge on any atom is 0.326 e. The van der Waals surface area contributed by atoms with E-state index in [0.717, 1.165) is 40.3 Å². The number of urea groups is 2. The molecule has 4 rings (SSSR count). The van der Waals surface area contributed by atoms with Crippen molar-refractivity contribution in [2.45, 2.75) is 20.3 Å². The van der Waals surface area contributed by atoms with E-state index < -0.39 is 0 Å². The van der Waals surface area contributed by atoms with Crippen LogP contribution in [-0.2, 0) is 6.42 Å². The Morgan fingerprint density at radius 1 is 0.541 bits per heavy atom. The highest BCUT2D eigenvalue weighted by Gasteiger charge is 2.14. The van der Waals surface area contributed by atoms with Crippen molar-refractivity contribution in [3.63, 3.8) is 0 Å². The minimum atomic E-state index is -0.159. The lowest BCUT2D eigenvalue weighted by Crippen LogP contribution is -2.34. The Bertz CT molecular complexity index is 1190. The van der Waals surface area contributed by atoms with Gasteiger partial charge in [0.2, 0.25) is 0 Å². The van der Waals surface area contributed by atoms with Gasteiger partial charge in [-0.2, -0.15) is 0 Å². The fourth-order valence-electron chi connectivity index (χ4n) is 4.13. The van der Waals surface area contributed by atoms with Crippen molar-refractivity contribution in [2.24, 2.45) is 0 Å². The zero-order valence-electron chi connectivity index (χ0n) is 21.2. The molecular weight excluding hydrogens is 460 g/mol. The van der Waals surface area contributed by atoms with E-state index in [0.29, 0.717) is 13.1 Å². The van der Waals surface area contributed by atoms with Crippen LogP contribution in [0, 0.1) is 0 Å². The largest absolute Gasteiger partial charge is 0.326 e. The van der Waals surface area contributed by atoms with Crippen molar-refractivity contribution in [3.05, 3.63) is 120 Å². The number of anilines is 4. The molecule has 0 saturated carbocycles. The number of nitrogens with one attached hydrogen (secondary N) is 2. The Morgan fingerprint density at radius 2 is 0.892 bits per heavy atom. The molecule has 0 bridgehead atoms. The minimum Gasteiger partial charge on any atom is -0.308 e. The van der Waals surface area contributed by atoms with Gasteiger partial charge in [0.05, 0.1) is 0 Å². The van der Waals surface area contributed by atoms with Gasteiger partial charge < -0.3 is 10.6 Å². The number of carbonyl (C=O) groups is 2. The molecule has 0 unspecified atom stereocenters. The number of hydrogen-bond donors (Lipinski definition) is 2. The number of amides is 4. The monoisotopic (exact) mass is 492 g/mol. The number of carbonyl (C=O) groups excluding carboxylic acids is 2. The highest BCUT2D eigenvalue weighted by Crippen LogP contribution is 2.19. The third-order valence-electron chi connectivity index (χ3n) is 6.08. The van der Waals surface area contributed by atoms with Gasteiger partial charge in [-0.25, -0.2) is 9.59 Å². The molecule has 2 N–H and O–H groups in total. The number of hydrogen-bond acceptors (Lipinski definition) is 2. The van der Waals surface area contributed by atoms with Crippen molar-refractivity contribution < 1.29 is 9.59 Å². The zero-order chi connectivity index (χ0) is 26.0. The zero-order valence-corrected chi connectivity index (χ0v) is 21.2. The van der Waals surface area contributed by atoms with E-state index >= 15 is 0 Å². The van der Waals surface area contributed by atoms with Gasteiger partial charge in [0.25, 0.3) is 0 Å². The number of para-hydroxylation sites is 2. The lowest BCUT2D eigenvalue weighted by atomic mass is 10.0. The van der Waals surface area contributed by atoms with Crippen LogP contribution >= 0.6 is 0 Å². The molecule has 6 heteroatoms. The molecule has 0 aliphatic carbocycles. The third-order valence-corrected chi connectivity index (χ3v) is 6.08. The van der Waals surface area contributed by atoms with E-state index in [1.807, 2.05) is 123 Å². The summed E-state index contributed by atoms with van der Waals surface area (Å²) in [7, 11) is 0. The smallest absolute Gasteiger partial charge is 0.308 e. The van der Waals surface area contributed by atoms with E-state index in [1.165, 1.54) is 0 Å². The first-order valence-electron chi connectivity index (χ1n) is 12.5. The van der Waals surface area contributed by atoms with E-state index in [9.17, 15) is 9.59 Å². The summed E-state index contributed by atoms with van der Waals surface area (Å²) in [6, 6.07) is 34.7. The molecule has 37 heavy (non-hydrogen) atoms. The first-order valence-corrected chi connectivity index (χ1v) is 12.5. The SMILES string of the molecule is CCN(C(=O)Nc1ccc(Cc2ccc(NC(=O)N(CC)c3ccccc3)cc2)cc1)c1ccccc1. The maximum absolute atomic E-state index is 12.8. The summed E-state index contributed by atoms with van der Waals surface area (Å²) in [4.78, 5) is 28.9. The Kier molecular flexibility index (Phi) is 8.55. The molecule has 0 saturated heterocycles. The van der Waals surface area contributed by atoms with Crippen molar-refractivity contribution in [3.8, 4) is 0 Å². The molecule has 4 aromatic carbocycles. The standard InChI is InChI=1S/C31H32N4O2/c1-3-34(28-11-7-5-8-12-28)30(36)32-26-19-15-24(16-20-26)23-25-17-21-27(22-18-25)33-31(37)35(4-2)29-13-9-6-10-14-29/h5-22H,3-4,23H2,1-2H3,(H,32,36)(H,33,37). The second-order valence-corrected chi connectivity index (χ2v) is 8.59. The number of benzene rings is 4. The Balaban J connectivity index is 1.33. The van der Waals surface area contributed by atoms with Crippen LogP contribution in [-0.4, -0.2) is 25.2 Å². The summed E-state index contributed by atoms with van der Waals surface area (Å²) in [5.41, 5.74) is 5.49. The van der Waals surface area contributed by atoms with Gasteiger partial charge in [-0.05, 0) is 79.9 Å². The second kappa shape index (κ2) is 12.4. The van der Waals surface area contributed by atoms with Gasteiger partial charge in [0.1, 0.15) is 0 Å². The van der Waals surface area contributed by atoms with Crippen LogP contribution in [0.25, 0.3) is 0 Å².